The monoisotopic (exact) mass is 251 g/mol. The van der Waals surface area contributed by atoms with Crippen LogP contribution in [0, 0.1) is 5.92 Å². The van der Waals surface area contributed by atoms with Gasteiger partial charge in [-0.3, -0.25) is 0 Å². The molecule has 0 saturated heterocycles. The van der Waals surface area contributed by atoms with Crippen LogP contribution in [0.25, 0.3) is 0 Å². The van der Waals surface area contributed by atoms with E-state index >= 15 is 0 Å². The van der Waals surface area contributed by atoms with Crippen LogP contribution in [-0.2, 0) is 0 Å². The molecule has 1 saturated carbocycles. The first kappa shape index (κ1) is 13.1. The van der Waals surface area contributed by atoms with Gasteiger partial charge in [-0.2, -0.15) is 0 Å². The molecule has 17 heavy (non-hydrogen) atoms. The van der Waals surface area contributed by atoms with Gasteiger partial charge in [-0.15, -0.1) is 11.3 Å². The van der Waals surface area contributed by atoms with Crippen molar-refractivity contribution in [3.63, 3.8) is 0 Å². The second-order valence-electron chi connectivity index (χ2n) is 5.46. The van der Waals surface area contributed by atoms with Gasteiger partial charge < -0.3 is 5.32 Å². The number of hydrogen-bond donors (Lipinski definition) is 1. The van der Waals surface area contributed by atoms with Crippen LogP contribution in [-0.4, -0.2) is 6.04 Å². The van der Waals surface area contributed by atoms with E-state index < -0.39 is 0 Å². The van der Waals surface area contributed by atoms with Gasteiger partial charge in [-0.25, -0.2) is 0 Å². The SMILES string of the molecule is CCCC(NC(C)CC1CCC1)c1cccs1. The van der Waals surface area contributed by atoms with E-state index in [1.54, 1.807) is 0 Å². The summed E-state index contributed by atoms with van der Waals surface area (Å²) < 4.78 is 0. The molecule has 1 N–H and O–H groups in total. The smallest absolute Gasteiger partial charge is 0.0416 e. The zero-order chi connectivity index (χ0) is 12.1. The van der Waals surface area contributed by atoms with E-state index in [0.717, 1.165) is 5.92 Å². The summed E-state index contributed by atoms with van der Waals surface area (Å²) in [6.45, 7) is 4.63. The molecule has 2 unspecified atom stereocenters. The second-order valence-corrected chi connectivity index (χ2v) is 6.44. The molecule has 1 aliphatic rings. The summed E-state index contributed by atoms with van der Waals surface area (Å²) in [7, 11) is 0. The predicted octanol–water partition coefficient (Wildman–Crippen LogP) is 4.76. The van der Waals surface area contributed by atoms with E-state index in [0.29, 0.717) is 12.1 Å². The number of rotatable bonds is 7. The fraction of sp³-hybridized carbons (Fsp3) is 0.733. The van der Waals surface area contributed by atoms with Gasteiger partial charge in [0.2, 0.25) is 0 Å². The highest BCUT2D eigenvalue weighted by atomic mass is 32.1. The number of nitrogens with one attached hydrogen (secondary N) is 1. The topological polar surface area (TPSA) is 12.0 Å². The van der Waals surface area contributed by atoms with Crippen molar-refractivity contribution in [1.82, 2.24) is 5.32 Å². The first-order chi connectivity index (χ1) is 8.29. The van der Waals surface area contributed by atoms with E-state index in [-0.39, 0.29) is 0 Å². The zero-order valence-corrected chi connectivity index (χ0v) is 11.9. The average Bonchev–Trinajstić information content (AvgIpc) is 2.76. The zero-order valence-electron chi connectivity index (χ0n) is 11.1. The van der Waals surface area contributed by atoms with Gasteiger partial charge in [0.05, 0.1) is 0 Å². The Bertz CT molecular complexity index is 303. The van der Waals surface area contributed by atoms with Crippen LogP contribution >= 0.6 is 11.3 Å². The van der Waals surface area contributed by atoms with Crippen LogP contribution in [0.4, 0.5) is 0 Å². The van der Waals surface area contributed by atoms with Crippen molar-refractivity contribution >= 4 is 11.3 Å². The van der Waals surface area contributed by atoms with E-state index in [2.05, 4.69) is 36.7 Å². The molecule has 2 heteroatoms. The second kappa shape index (κ2) is 6.55. The highest BCUT2D eigenvalue weighted by Gasteiger charge is 2.21. The highest BCUT2D eigenvalue weighted by molar-refractivity contribution is 7.10. The molecule has 1 aliphatic carbocycles. The lowest BCUT2D eigenvalue weighted by molar-refractivity contribution is 0.256. The van der Waals surface area contributed by atoms with Crippen molar-refractivity contribution in [2.24, 2.45) is 5.92 Å². The first-order valence-electron chi connectivity index (χ1n) is 7.09. The van der Waals surface area contributed by atoms with Crippen LogP contribution < -0.4 is 5.32 Å². The summed E-state index contributed by atoms with van der Waals surface area (Å²) in [6, 6.07) is 5.68. The maximum absolute atomic E-state index is 3.83. The molecule has 2 atom stereocenters. The van der Waals surface area contributed by atoms with Crippen LogP contribution in [0.1, 0.15) is 63.3 Å². The molecule has 1 heterocycles. The van der Waals surface area contributed by atoms with Crippen molar-refractivity contribution in [3.8, 4) is 0 Å². The summed E-state index contributed by atoms with van der Waals surface area (Å²) in [5.74, 6) is 1.00. The van der Waals surface area contributed by atoms with Crippen LogP contribution in [0.15, 0.2) is 17.5 Å². The minimum atomic E-state index is 0.579. The maximum Gasteiger partial charge on any atom is 0.0416 e. The summed E-state index contributed by atoms with van der Waals surface area (Å²) in [4.78, 5) is 1.51. The summed E-state index contributed by atoms with van der Waals surface area (Å²) in [5, 5.41) is 6.02. The van der Waals surface area contributed by atoms with Gasteiger partial charge in [0.25, 0.3) is 0 Å². The van der Waals surface area contributed by atoms with Gasteiger partial charge in [-0.05, 0) is 37.1 Å². The van der Waals surface area contributed by atoms with E-state index in [1.165, 1.54) is 43.4 Å². The van der Waals surface area contributed by atoms with Crippen molar-refractivity contribution < 1.29 is 0 Å². The Kier molecular flexibility index (Phi) is 5.05. The van der Waals surface area contributed by atoms with Crippen LogP contribution in [0.5, 0.6) is 0 Å². The first-order valence-corrected chi connectivity index (χ1v) is 7.97. The molecule has 0 aliphatic heterocycles. The quantitative estimate of drug-likeness (QED) is 0.737. The molecular formula is C15H25NS. The molecular weight excluding hydrogens is 226 g/mol. The third-order valence-corrected chi connectivity index (χ3v) is 4.85. The third-order valence-electron chi connectivity index (χ3n) is 3.86. The fourth-order valence-corrected chi connectivity index (χ4v) is 3.55. The van der Waals surface area contributed by atoms with E-state index in [9.17, 15) is 0 Å². The Balaban J connectivity index is 1.83. The highest BCUT2D eigenvalue weighted by Crippen LogP contribution is 2.31. The molecule has 0 amide bonds. The summed E-state index contributed by atoms with van der Waals surface area (Å²) in [5.41, 5.74) is 0. The molecule has 1 nitrogen and oxygen atoms in total. The van der Waals surface area contributed by atoms with Crippen LogP contribution in [0.2, 0.25) is 0 Å². The van der Waals surface area contributed by atoms with Crippen molar-refractivity contribution in [2.75, 3.05) is 0 Å². The predicted molar refractivity (Wildman–Crippen MR) is 76.5 cm³/mol. The maximum atomic E-state index is 3.83. The lowest BCUT2D eigenvalue weighted by atomic mass is 9.81. The fourth-order valence-electron chi connectivity index (χ4n) is 2.73. The van der Waals surface area contributed by atoms with Crippen molar-refractivity contribution in [2.45, 2.75) is 64.5 Å². The average molecular weight is 251 g/mol. The molecule has 1 aromatic rings. The van der Waals surface area contributed by atoms with Crippen LogP contribution in [0.3, 0.4) is 0 Å². The van der Waals surface area contributed by atoms with Gasteiger partial charge in [0, 0.05) is 17.0 Å². The molecule has 1 fully saturated rings. The van der Waals surface area contributed by atoms with Gasteiger partial charge >= 0.3 is 0 Å². The largest absolute Gasteiger partial charge is 0.307 e. The van der Waals surface area contributed by atoms with Crippen molar-refractivity contribution in [3.05, 3.63) is 22.4 Å². The molecule has 0 spiro atoms. The van der Waals surface area contributed by atoms with E-state index in [4.69, 9.17) is 0 Å². The van der Waals surface area contributed by atoms with Gasteiger partial charge in [-0.1, -0.05) is 38.7 Å². The summed E-state index contributed by atoms with van der Waals surface area (Å²) >= 11 is 1.89. The Morgan fingerprint density at radius 1 is 1.47 bits per heavy atom. The molecule has 0 radical (unpaired) electrons. The third kappa shape index (κ3) is 3.82. The normalized spacial score (nSPS) is 19.9. The number of thiophene rings is 1. The molecule has 0 aromatic carbocycles. The Morgan fingerprint density at radius 3 is 2.82 bits per heavy atom. The van der Waals surface area contributed by atoms with Gasteiger partial charge in [0.15, 0.2) is 0 Å². The molecule has 2 rings (SSSR count). The standard InChI is InChI=1S/C15H25NS/c1-3-6-14(15-9-5-10-17-15)16-12(2)11-13-7-4-8-13/h5,9-10,12-14,16H,3-4,6-8,11H2,1-2H3. The summed E-state index contributed by atoms with van der Waals surface area (Å²) in [6.07, 6.45) is 8.26. The minimum Gasteiger partial charge on any atom is -0.307 e. The van der Waals surface area contributed by atoms with Crippen molar-refractivity contribution in [1.29, 1.82) is 0 Å². The Labute approximate surface area is 110 Å². The lowest BCUT2D eigenvalue weighted by Crippen LogP contribution is -2.33. The Hall–Kier alpha value is -0.340. The van der Waals surface area contributed by atoms with E-state index in [1.807, 2.05) is 11.3 Å². The number of hydrogen-bond acceptors (Lipinski definition) is 2. The molecule has 0 bridgehead atoms. The lowest BCUT2D eigenvalue weighted by Gasteiger charge is -2.30. The minimum absolute atomic E-state index is 0.579. The van der Waals surface area contributed by atoms with Gasteiger partial charge in [0.1, 0.15) is 0 Å². The Morgan fingerprint density at radius 2 is 2.29 bits per heavy atom. The molecule has 96 valence electrons. The molecule has 1 aromatic heterocycles.